The maximum Gasteiger partial charge on any atom is 0.338 e. The van der Waals surface area contributed by atoms with Crippen molar-refractivity contribution < 1.29 is 14.5 Å². The third-order valence-electron chi connectivity index (χ3n) is 11.8. The van der Waals surface area contributed by atoms with Crippen LogP contribution in [0.5, 0.6) is 0 Å². The summed E-state index contributed by atoms with van der Waals surface area (Å²) in [7, 11) is 0. The fraction of sp³-hybridized carbons (Fsp3) is 0.735. The van der Waals surface area contributed by atoms with Crippen molar-refractivity contribution in [3.8, 4) is 0 Å². The molecule has 0 radical (unpaired) electrons. The van der Waals surface area contributed by atoms with Crippen molar-refractivity contribution in [2.75, 3.05) is 0 Å². The van der Waals surface area contributed by atoms with Crippen LogP contribution in [0.25, 0.3) is 0 Å². The molecule has 4 aliphatic rings. The van der Waals surface area contributed by atoms with Crippen LogP contribution in [0.1, 0.15) is 116 Å². The first-order valence-electron chi connectivity index (χ1n) is 15.7. The molecule has 0 bridgehead atoms. The highest BCUT2D eigenvalue weighted by molar-refractivity contribution is 5.89. The van der Waals surface area contributed by atoms with Crippen molar-refractivity contribution in [1.82, 2.24) is 0 Å². The second-order valence-electron chi connectivity index (χ2n) is 14.3. The zero-order chi connectivity index (χ0) is 27.9. The van der Waals surface area contributed by atoms with Crippen LogP contribution in [0.15, 0.2) is 41.6 Å². The van der Waals surface area contributed by atoms with Crippen molar-refractivity contribution >= 4 is 5.97 Å². The fourth-order valence-corrected chi connectivity index (χ4v) is 9.84. The Bertz CT molecular complexity index is 1100. The summed E-state index contributed by atoms with van der Waals surface area (Å²) < 4.78 is 5.91. The van der Waals surface area contributed by atoms with Gasteiger partial charge in [0.2, 0.25) is 5.70 Å². The molecule has 0 aromatic heterocycles. The summed E-state index contributed by atoms with van der Waals surface area (Å²) in [6.07, 6.45) is 11.3. The first kappa shape index (κ1) is 28.4. The lowest BCUT2D eigenvalue weighted by atomic mass is 9.46. The summed E-state index contributed by atoms with van der Waals surface area (Å²) in [6.45, 7) is 12.0. The monoisotopic (exact) mass is 535 g/mol. The van der Waals surface area contributed by atoms with Crippen LogP contribution < -0.4 is 0 Å². The van der Waals surface area contributed by atoms with Crippen molar-refractivity contribution in [3.05, 3.63) is 57.3 Å². The van der Waals surface area contributed by atoms with Crippen LogP contribution in [-0.2, 0) is 4.74 Å². The van der Waals surface area contributed by atoms with Crippen molar-refractivity contribution in [2.45, 2.75) is 111 Å². The summed E-state index contributed by atoms with van der Waals surface area (Å²) in [4.78, 5) is 25.2. The van der Waals surface area contributed by atoms with Gasteiger partial charge in [-0.15, -0.1) is 0 Å². The normalized spacial score (nSPS) is 36.6. The number of carbonyl (C=O) groups excluding carboxylic acids is 1. The number of allylic oxidation sites excluding steroid dienone is 1. The zero-order valence-corrected chi connectivity index (χ0v) is 24.8. The van der Waals surface area contributed by atoms with Crippen molar-refractivity contribution in [2.24, 2.45) is 46.3 Å². The number of nitro groups is 1. The van der Waals surface area contributed by atoms with E-state index >= 15 is 0 Å². The summed E-state index contributed by atoms with van der Waals surface area (Å²) in [5.41, 5.74) is 2.10. The Morgan fingerprint density at radius 3 is 2.44 bits per heavy atom. The molecule has 3 saturated carbocycles. The Labute approximate surface area is 235 Å². The summed E-state index contributed by atoms with van der Waals surface area (Å²) in [6, 6.07) is 9.08. The lowest BCUT2D eigenvalue weighted by Crippen LogP contribution is -2.52. The van der Waals surface area contributed by atoms with Gasteiger partial charge >= 0.3 is 5.97 Å². The number of carbonyl (C=O) groups is 1. The van der Waals surface area contributed by atoms with Crippen LogP contribution in [0.4, 0.5) is 0 Å². The van der Waals surface area contributed by atoms with Gasteiger partial charge in [0.15, 0.2) is 0 Å². The first-order valence-corrected chi connectivity index (χ1v) is 15.7. The zero-order valence-electron chi connectivity index (χ0n) is 24.8. The summed E-state index contributed by atoms with van der Waals surface area (Å²) >= 11 is 0. The van der Waals surface area contributed by atoms with Gasteiger partial charge in [-0.1, -0.05) is 72.1 Å². The minimum Gasteiger partial charge on any atom is -0.458 e. The van der Waals surface area contributed by atoms with Crippen LogP contribution in [0.2, 0.25) is 0 Å². The largest absolute Gasteiger partial charge is 0.458 e. The molecule has 4 aliphatic carbocycles. The molecule has 1 aromatic carbocycles. The molecule has 5 heteroatoms. The molecular weight excluding hydrogens is 486 g/mol. The molecule has 3 fully saturated rings. The number of hydrogen-bond donors (Lipinski definition) is 0. The number of ether oxygens (including phenoxy) is 1. The van der Waals surface area contributed by atoms with E-state index in [0.29, 0.717) is 47.3 Å². The lowest BCUT2D eigenvalue weighted by molar-refractivity contribution is -0.434. The van der Waals surface area contributed by atoms with E-state index < -0.39 is 0 Å². The molecule has 8 atom stereocenters. The molecule has 5 rings (SSSR count). The molecule has 0 unspecified atom stereocenters. The minimum absolute atomic E-state index is 0.0852. The Morgan fingerprint density at radius 2 is 1.74 bits per heavy atom. The quantitative estimate of drug-likeness (QED) is 0.189. The molecule has 0 saturated heterocycles. The Morgan fingerprint density at radius 1 is 1.00 bits per heavy atom. The lowest BCUT2D eigenvalue weighted by Gasteiger charge is -2.58. The van der Waals surface area contributed by atoms with Gasteiger partial charge in [-0.3, -0.25) is 10.1 Å². The first-order chi connectivity index (χ1) is 18.5. The average Bonchev–Trinajstić information content (AvgIpc) is 3.26. The van der Waals surface area contributed by atoms with Crippen LogP contribution in [0.3, 0.4) is 0 Å². The number of rotatable bonds is 8. The number of benzene rings is 1. The maximum atomic E-state index is 12.8. The van der Waals surface area contributed by atoms with E-state index in [-0.39, 0.29) is 22.4 Å². The maximum absolute atomic E-state index is 12.8. The van der Waals surface area contributed by atoms with E-state index in [2.05, 4.69) is 34.6 Å². The van der Waals surface area contributed by atoms with Crippen molar-refractivity contribution in [1.29, 1.82) is 0 Å². The third kappa shape index (κ3) is 5.20. The molecule has 1 aromatic rings. The van der Waals surface area contributed by atoms with E-state index in [1.165, 1.54) is 44.9 Å². The molecule has 214 valence electrons. The van der Waals surface area contributed by atoms with Gasteiger partial charge in [-0.25, -0.2) is 4.79 Å². The SMILES string of the molecule is CC(C)CCC[C@@H](C)[C@@H]1CC[C@@H]2[C@H]3CC([N+](=O)[O-])=C4C[C@@H](OC(=O)c5ccccc5)CC[C@]4(C)[C@@H]3CC[C@]21C. The van der Waals surface area contributed by atoms with Crippen LogP contribution in [0, 0.1) is 56.5 Å². The highest BCUT2D eigenvalue weighted by atomic mass is 16.6. The highest BCUT2D eigenvalue weighted by Crippen LogP contribution is 2.68. The Balaban J connectivity index is 1.35. The van der Waals surface area contributed by atoms with Gasteiger partial charge < -0.3 is 4.74 Å². The van der Waals surface area contributed by atoms with Crippen molar-refractivity contribution in [3.63, 3.8) is 0 Å². The smallest absolute Gasteiger partial charge is 0.338 e. The van der Waals surface area contributed by atoms with Crippen LogP contribution in [-0.4, -0.2) is 17.0 Å². The Hall–Kier alpha value is -2.17. The summed E-state index contributed by atoms with van der Waals surface area (Å²) in [5.74, 6) is 3.38. The predicted molar refractivity (Wildman–Crippen MR) is 155 cm³/mol. The van der Waals surface area contributed by atoms with Gasteiger partial charge in [0, 0.05) is 18.4 Å². The van der Waals surface area contributed by atoms with E-state index in [1.54, 1.807) is 12.1 Å². The standard InChI is InChI=1S/C34H49NO4/c1-22(2)10-9-11-23(3)27-14-15-28-26-21-31(35(37)38)30-20-25(39-32(36)24-12-7-6-8-13-24)16-18-34(30,5)29(26)17-19-33(27,28)4/h6-8,12-13,22-23,25-29H,9-11,14-21H2,1-5H3/t23-,25+,26-,27+,28-,29-,33+,34-/m1/s1. The van der Waals surface area contributed by atoms with E-state index in [4.69, 9.17) is 4.74 Å². The molecule has 0 heterocycles. The molecule has 0 aliphatic heterocycles. The molecule has 39 heavy (non-hydrogen) atoms. The number of fused-ring (bicyclic) bond motifs is 5. The Kier molecular flexibility index (Phi) is 8.01. The van der Waals surface area contributed by atoms with Crippen LogP contribution >= 0.6 is 0 Å². The second-order valence-corrected chi connectivity index (χ2v) is 14.3. The highest BCUT2D eigenvalue weighted by Gasteiger charge is 2.62. The molecule has 5 nitrogen and oxygen atoms in total. The number of hydrogen-bond acceptors (Lipinski definition) is 4. The topological polar surface area (TPSA) is 69.4 Å². The van der Waals surface area contributed by atoms with E-state index in [0.717, 1.165) is 36.2 Å². The molecule has 0 spiro atoms. The second kappa shape index (κ2) is 11.0. The molecule has 0 N–H and O–H groups in total. The van der Waals surface area contributed by atoms with Gasteiger partial charge in [0.25, 0.3) is 0 Å². The van der Waals surface area contributed by atoms with E-state index in [9.17, 15) is 14.9 Å². The average molecular weight is 536 g/mol. The predicted octanol–water partition coefficient (Wildman–Crippen LogP) is 8.86. The third-order valence-corrected chi connectivity index (χ3v) is 11.8. The van der Waals surface area contributed by atoms with Gasteiger partial charge in [-0.05, 0) is 97.0 Å². The van der Waals surface area contributed by atoms with E-state index in [1.807, 2.05) is 18.2 Å². The molecular formula is C34H49NO4. The number of esters is 1. The van der Waals surface area contributed by atoms with Gasteiger partial charge in [0.05, 0.1) is 10.5 Å². The fourth-order valence-electron chi connectivity index (χ4n) is 9.84. The van der Waals surface area contributed by atoms with Gasteiger partial charge in [-0.2, -0.15) is 0 Å². The number of nitrogens with zero attached hydrogens (tertiary/aromatic N) is 1. The minimum atomic E-state index is -0.325. The molecule has 0 amide bonds. The summed E-state index contributed by atoms with van der Waals surface area (Å²) in [5, 5.41) is 12.5. The van der Waals surface area contributed by atoms with Gasteiger partial charge in [0.1, 0.15) is 6.10 Å².